The quantitative estimate of drug-likeness (QED) is 0.553. The Balaban J connectivity index is 2.15. The molecule has 58 valence electrons. The topological polar surface area (TPSA) is 32.3 Å². The molecule has 0 spiro atoms. The van der Waals surface area contributed by atoms with Crippen LogP contribution in [-0.4, -0.2) is 24.8 Å². The SMILES string of the molecule is OCC12CCCC1CNC2. The molecule has 2 aliphatic rings. The molecule has 0 amide bonds. The Morgan fingerprint density at radius 2 is 2.50 bits per heavy atom. The number of hydrogen-bond acceptors (Lipinski definition) is 2. The molecule has 0 aromatic rings. The van der Waals surface area contributed by atoms with Crippen molar-refractivity contribution < 1.29 is 5.11 Å². The van der Waals surface area contributed by atoms with E-state index in [1.165, 1.54) is 19.3 Å². The normalized spacial score (nSPS) is 45.9. The van der Waals surface area contributed by atoms with Crippen LogP contribution in [0.25, 0.3) is 0 Å². The highest BCUT2D eigenvalue weighted by molar-refractivity contribution is 4.98. The van der Waals surface area contributed by atoms with Crippen LogP contribution in [0.5, 0.6) is 0 Å². The first-order valence-electron chi connectivity index (χ1n) is 4.19. The molecule has 0 bridgehead atoms. The molecule has 2 unspecified atom stereocenters. The second-order valence-corrected chi connectivity index (χ2v) is 3.74. The largest absolute Gasteiger partial charge is 0.396 e. The van der Waals surface area contributed by atoms with Gasteiger partial charge in [-0.2, -0.15) is 0 Å². The van der Waals surface area contributed by atoms with E-state index < -0.39 is 0 Å². The van der Waals surface area contributed by atoms with E-state index in [4.69, 9.17) is 0 Å². The van der Waals surface area contributed by atoms with Gasteiger partial charge in [-0.1, -0.05) is 6.42 Å². The lowest BCUT2D eigenvalue weighted by Crippen LogP contribution is -2.29. The fraction of sp³-hybridized carbons (Fsp3) is 1.00. The van der Waals surface area contributed by atoms with E-state index in [-0.39, 0.29) is 0 Å². The monoisotopic (exact) mass is 141 g/mol. The molecule has 0 radical (unpaired) electrons. The highest BCUT2D eigenvalue weighted by atomic mass is 16.3. The van der Waals surface area contributed by atoms with Crippen LogP contribution >= 0.6 is 0 Å². The molecule has 1 aliphatic carbocycles. The van der Waals surface area contributed by atoms with Crippen molar-refractivity contribution in [1.29, 1.82) is 0 Å². The third-order valence-electron chi connectivity index (χ3n) is 3.28. The van der Waals surface area contributed by atoms with Gasteiger partial charge in [-0.3, -0.25) is 0 Å². The van der Waals surface area contributed by atoms with E-state index in [1.54, 1.807) is 0 Å². The summed E-state index contributed by atoms with van der Waals surface area (Å²) in [6.45, 7) is 2.58. The molecule has 0 aromatic heterocycles. The lowest BCUT2D eigenvalue weighted by molar-refractivity contribution is 0.120. The van der Waals surface area contributed by atoms with Gasteiger partial charge in [0.1, 0.15) is 0 Å². The number of aliphatic hydroxyl groups is 1. The molecule has 2 heteroatoms. The highest BCUT2D eigenvalue weighted by Gasteiger charge is 2.45. The lowest BCUT2D eigenvalue weighted by atomic mass is 9.82. The van der Waals surface area contributed by atoms with Gasteiger partial charge in [0.2, 0.25) is 0 Å². The first kappa shape index (κ1) is 6.62. The molecular weight excluding hydrogens is 126 g/mol. The molecule has 2 fully saturated rings. The van der Waals surface area contributed by atoms with E-state index in [0.717, 1.165) is 19.0 Å². The third-order valence-corrected chi connectivity index (χ3v) is 3.28. The van der Waals surface area contributed by atoms with Crippen molar-refractivity contribution in [2.24, 2.45) is 11.3 Å². The Hall–Kier alpha value is -0.0800. The van der Waals surface area contributed by atoms with Gasteiger partial charge >= 0.3 is 0 Å². The Morgan fingerprint density at radius 1 is 1.60 bits per heavy atom. The van der Waals surface area contributed by atoms with Crippen molar-refractivity contribution in [2.75, 3.05) is 19.7 Å². The van der Waals surface area contributed by atoms with Gasteiger partial charge in [-0.25, -0.2) is 0 Å². The van der Waals surface area contributed by atoms with Gasteiger partial charge in [0.05, 0.1) is 6.61 Å². The Labute approximate surface area is 61.6 Å². The second kappa shape index (κ2) is 2.21. The number of hydrogen-bond donors (Lipinski definition) is 2. The van der Waals surface area contributed by atoms with Crippen molar-refractivity contribution in [2.45, 2.75) is 19.3 Å². The van der Waals surface area contributed by atoms with Crippen LogP contribution in [-0.2, 0) is 0 Å². The number of aliphatic hydroxyl groups excluding tert-OH is 1. The zero-order valence-corrected chi connectivity index (χ0v) is 6.27. The standard InChI is InChI=1S/C8H15NO/c10-6-8-3-1-2-7(8)4-9-5-8/h7,9-10H,1-6H2. The average Bonchev–Trinajstić information content (AvgIpc) is 2.42. The maximum absolute atomic E-state index is 9.19. The summed E-state index contributed by atoms with van der Waals surface area (Å²) in [5.74, 6) is 0.775. The molecule has 1 aliphatic heterocycles. The summed E-state index contributed by atoms with van der Waals surface area (Å²) in [5, 5.41) is 12.5. The minimum atomic E-state index is 0.292. The van der Waals surface area contributed by atoms with Crippen molar-refractivity contribution in [3.05, 3.63) is 0 Å². The summed E-state index contributed by atoms with van der Waals surface area (Å²) >= 11 is 0. The molecule has 1 heterocycles. The molecule has 2 nitrogen and oxygen atoms in total. The summed E-state index contributed by atoms with van der Waals surface area (Å²) in [6.07, 6.45) is 3.89. The lowest BCUT2D eigenvalue weighted by Gasteiger charge is -2.24. The van der Waals surface area contributed by atoms with Crippen molar-refractivity contribution in [1.82, 2.24) is 5.32 Å². The predicted octanol–water partition coefficient (Wildman–Crippen LogP) is 0.368. The number of nitrogens with one attached hydrogen (secondary N) is 1. The zero-order valence-electron chi connectivity index (χ0n) is 6.27. The van der Waals surface area contributed by atoms with E-state index >= 15 is 0 Å². The molecule has 1 saturated heterocycles. The molecule has 10 heavy (non-hydrogen) atoms. The van der Waals surface area contributed by atoms with Crippen LogP contribution in [0.2, 0.25) is 0 Å². The van der Waals surface area contributed by atoms with Gasteiger partial charge in [0, 0.05) is 12.0 Å². The van der Waals surface area contributed by atoms with Gasteiger partial charge < -0.3 is 10.4 Å². The van der Waals surface area contributed by atoms with E-state index in [1.807, 2.05) is 0 Å². The molecule has 2 atom stereocenters. The van der Waals surface area contributed by atoms with Crippen LogP contribution < -0.4 is 5.32 Å². The Bertz CT molecular complexity index is 125. The van der Waals surface area contributed by atoms with Gasteiger partial charge in [-0.05, 0) is 25.3 Å². The molecular formula is C8H15NO. The average molecular weight is 141 g/mol. The zero-order chi connectivity index (χ0) is 7.03. The first-order valence-corrected chi connectivity index (χ1v) is 4.19. The second-order valence-electron chi connectivity index (χ2n) is 3.74. The first-order chi connectivity index (χ1) is 4.87. The van der Waals surface area contributed by atoms with Gasteiger partial charge in [0.15, 0.2) is 0 Å². The highest BCUT2D eigenvalue weighted by Crippen LogP contribution is 2.44. The maximum atomic E-state index is 9.19. The summed E-state index contributed by atoms with van der Waals surface area (Å²) in [5.41, 5.74) is 0.292. The minimum absolute atomic E-state index is 0.292. The van der Waals surface area contributed by atoms with E-state index in [0.29, 0.717) is 12.0 Å². The van der Waals surface area contributed by atoms with Crippen LogP contribution in [0.15, 0.2) is 0 Å². The van der Waals surface area contributed by atoms with Crippen LogP contribution in [0.4, 0.5) is 0 Å². The van der Waals surface area contributed by atoms with E-state index in [2.05, 4.69) is 5.32 Å². The van der Waals surface area contributed by atoms with Crippen molar-refractivity contribution in [3.8, 4) is 0 Å². The predicted molar refractivity (Wildman–Crippen MR) is 39.7 cm³/mol. The van der Waals surface area contributed by atoms with Crippen LogP contribution in [0, 0.1) is 11.3 Å². The van der Waals surface area contributed by atoms with Crippen molar-refractivity contribution in [3.63, 3.8) is 0 Å². The summed E-state index contributed by atoms with van der Waals surface area (Å²) < 4.78 is 0. The fourth-order valence-electron chi connectivity index (χ4n) is 2.52. The van der Waals surface area contributed by atoms with E-state index in [9.17, 15) is 5.11 Å². The summed E-state index contributed by atoms with van der Waals surface area (Å²) in [4.78, 5) is 0. The molecule has 1 saturated carbocycles. The third kappa shape index (κ3) is 0.722. The summed E-state index contributed by atoms with van der Waals surface area (Å²) in [6, 6.07) is 0. The number of rotatable bonds is 1. The van der Waals surface area contributed by atoms with Crippen LogP contribution in [0.1, 0.15) is 19.3 Å². The van der Waals surface area contributed by atoms with Crippen LogP contribution in [0.3, 0.4) is 0 Å². The molecule has 0 aromatic carbocycles. The number of fused-ring (bicyclic) bond motifs is 1. The molecule has 2 rings (SSSR count). The fourth-order valence-corrected chi connectivity index (χ4v) is 2.52. The minimum Gasteiger partial charge on any atom is -0.396 e. The smallest absolute Gasteiger partial charge is 0.0502 e. The maximum Gasteiger partial charge on any atom is 0.0502 e. The van der Waals surface area contributed by atoms with Gasteiger partial charge in [-0.15, -0.1) is 0 Å². The Kier molecular flexibility index (Phi) is 1.46. The Morgan fingerprint density at radius 3 is 3.20 bits per heavy atom. The summed E-state index contributed by atoms with van der Waals surface area (Å²) in [7, 11) is 0. The molecule has 2 N–H and O–H groups in total. The van der Waals surface area contributed by atoms with Crippen molar-refractivity contribution >= 4 is 0 Å². The van der Waals surface area contributed by atoms with Gasteiger partial charge in [0.25, 0.3) is 0 Å².